The Hall–Kier alpha value is -1.82. The van der Waals surface area contributed by atoms with E-state index in [4.69, 9.17) is 0 Å². The maximum atomic E-state index is 13.2. The largest absolute Gasteiger partial charge is 0.337 e. The van der Waals surface area contributed by atoms with Gasteiger partial charge in [-0.2, -0.15) is 5.10 Å². The van der Waals surface area contributed by atoms with Crippen LogP contribution in [-0.4, -0.2) is 62.1 Å². The Morgan fingerprint density at radius 3 is 2.80 bits per heavy atom. The van der Waals surface area contributed by atoms with Gasteiger partial charge in [-0.05, 0) is 31.1 Å². The van der Waals surface area contributed by atoms with E-state index in [2.05, 4.69) is 28.7 Å². The smallest absolute Gasteiger partial charge is 0.259 e. The first-order chi connectivity index (χ1) is 12.0. The Balaban J connectivity index is 1.56. The lowest BCUT2D eigenvalue weighted by atomic mass is 10.0. The van der Waals surface area contributed by atoms with Crippen molar-refractivity contribution in [1.82, 2.24) is 24.0 Å². The van der Waals surface area contributed by atoms with Crippen molar-refractivity contribution in [1.29, 1.82) is 0 Å². The molecule has 0 radical (unpaired) electrons. The van der Waals surface area contributed by atoms with Gasteiger partial charge >= 0.3 is 0 Å². The summed E-state index contributed by atoms with van der Waals surface area (Å²) < 4.78 is 3.75. The van der Waals surface area contributed by atoms with E-state index in [1.165, 1.54) is 19.4 Å². The molecule has 0 aromatic carbocycles. The van der Waals surface area contributed by atoms with Crippen LogP contribution < -0.4 is 0 Å². The molecule has 1 amide bonds. The van der Waals surface area contributed by atoms with Gasteiger partial charge in [0.05, 0.1) is 6.20 Å². The Morgan fingerprint density at radius 2 is 2.08 bits per heavy atom. The molecule has 1 atom stereocenters. The first-order valence-corrected chi connectivity index (χ1v) is 9.56. The molecule has 2 fully saturated rings. The number of hydrogen-bond acceptors (Lipinski definition) is 3. The topological polar surface area (TPSA) is 45.8 Å². The number of aryl methyl sites for hydroxylation is 1. The van der Waals surface area contributed by atoms with Crippen LogP contribution in [0.5, 0.6) is 0 Å². The zero-order chi connectivity index (χ0) is 17.6. The van der Waals surface area contributed by atoms with E-state index in [9.17, 15) is 4.79 Å². The average molecular weight is 343 g/mol. The number of hydrogen-bond donors (Lipinski definition) is 0. The number of imidazole rings is 1. The van der Waals surface area contributed by atoms with Gasteiger partial charge in [0.2, 0.25) is 0 Å². The third-order valence-corrected chi connectivity index (χ3v) is 5.76. The predicted molar refractivity (Wildman–Crippen MR) is 97.6 cm³/mol. The van der Waals surface area contributed by atoms with Crippen molar-refractivity contribution >= 4 is 11.6 Å². The van der Waals surface area contributed by atoms with Gasteiger partial charge < -0.3 is 9.47 Å². The summed E-state index contributed by atoms with van der Waals surface area (Å²) in [6.07, 6.45) is 9.37. The molecular weight excluding hydrogens is 314 g/mol. The van der Waals surface area contributed by atoms with Crippen molar-refractivity contribution in [2.24, 2.45) is 18.9 Å². The molecule has 2 aromatic heterocycles. The molecule has 1 aliphatic heterocycles. The maximum Gasteiger partial charge on any atom is 0.259 e. The number of amides is 1. The zero-order valence-corrected chi connectivity index (χ0v) is 15.6. The van der Waals surface area contributed by atoms with Crippen molar-refractivity contribution < 1.29 is 4.79 Å². The molecule has 6 heteroatoms. The van der Waals surface area contributed by atoms with E-state index in [0.717, 1.165) is 37.6 Å². The van der Waals surface area contributed by atoms with Gasteiger partial charge in [0, 0.05) is 51.7 Å². The highest BCUT2D eigenvalue weighted by molar-refractivity contribution is 5.99. The monoisotopic (exact) mass is 343 g/mol. The van der Waals surface area contributed by atoms with Crippen LogP contribution in [0.4, 0.5) is 0 Å². The molecule has 25 heavy (non-hydrogen) atoms. The molecular formula is C19H29N5O. The highest BCUT2D eigenvalue weighted by Crippen LogP contribution is 2.32. The van der Waals surface area contributed by atoms with Crippen LogP contribution in [0, 0.1) is 11.8 Å². The van der Waals surface area contributed by atoms with E-state index < -0.39 is 0 Å². The first-order valence-electron chi connectivity index (χ1n) is 9.56. The van der Waals surface area contributed by atoms with E-state index in [-0.39, 0.29) is 5.91 Å². The number of aromatic nitrogens is 3. The molecule has 1 unspecified atom stereocenters. The van der Waals surface area contributed by atoms with E-state index in [1.54, 1.807) is 10.7 Å². The van der Waals surface area contributed by atoms with Gasteiger partial charge in [-0.3, -0.25) is 9.69 Å². The third-order valence-electron chi connectivity index (χ3n) is 5.76. The van der Waals surface area contributed by atoms with E-state index >= 15 is 0 Å². The summed E-state index contributed by atoms with van der Waals surface area (Å²) in [4.78, 5) is 17.9. The molecule has 1 saturated carbocycles. The van der Waals surface area contributed by atoms with Crippen LogP contribution in [0.1, 0.15) is 43.5 Å². The van der Waals surface area contributed by atoms with Crippen molar-refractivity contribution in [2.75, 3.05) is 26.2 Å². The summed E-state index contributed by atoms with van der Waals surface area (Å²) in [6.45, 7) is 8.55. The highest BCUT2D eigenvalue weighted by atomic mass is 16.2. The Kier molecular flexibility index (Phi) is 4.31. The number of carbonyl (C=O) groups excluding carboxylic acids is 1. The number of fused-ring (bicyclic) bond motifs is 1. The second-order valence-corrected chi connectivity index (χ2v) is 8.09. The number of carbonyl (C=O) groups is 1. The van der Waals surface area contributed by atoms with Gasteiger partial charge in [0.1, 0.15) is 11.2 Å². The van der Waals surface area contributed by atoms with Crippen molar-refractivity contribution in [3.05, 3.63) is 24.2 Å². The van der Waals surface area contributed by atoms with Gasteiger partial charge in [0.15, 0.2) is 0 Å². The van der Waals surface area contributed by atoms with Crippen LogP contribution >= 0.6 is 0 Å². The molecule has 0 spiro atoms. The standard InChI is InChI=1S/C19H29N5O/c1-14(2)17-13-23(8-4-7-22(17)12-15-5-6-15)19(25)16-11-20-24-10-9-21(3)18(16)24/h9-11,14-15,17H,4-8,12-13H2,1-3H3. The molecule has 6 nitrogen and oxygen atoms in total. The van der Waals surface area contributed by atoms with Crippen LogP contribution in [-0.2, 0) is 7.05 Å². The van der Waals surface area contributed by atoms with Crippen LogP contribution in [0.25, 0.3) is 5.65 Å². The Labute approximate surface area is 149 Å². The van der Waals surface area contributed by atoms with Crippen molar-refractivity contribution in [2.45, 2.75) is 39.2 Å². The fourth-order valence-electron chi connectivity index (χ4n) is 4.11. The second-order valence-electron chi connectivity index (χ2n) is 8.09. The Morgan fingerprint density at radius 1 is 1.28 bits per heavy atom. The van der Waals surface area contributed by atoms with Gasteiger partial charge in [0.25, 0.3) is 5.91 Å². The maximum absolute atomic E-state index is 13.2. The molecule has 2 aromatic rings. The predicted octanol–water partition coefficient (Wildman–Crippen LogP) is 2.26. The van der Waals surface area contributed by atoms with Crippen LogP contribution in [0.3, 0.4) is 0 Å². The number of nitrogens with zero attached hydrogens (tertiary/aromatic N) is 5. The molecule has 1 aliphatic carbocycles. The minimum absolute atomic E-state index is 0.121. The third kappa shape index (κ3) is 3.19. The van der Waals surface area contributed by atoms with Gasteiger partial charge in [-0.15, -0.1) is 0 Å². The quantitative estimate of drug-likeness (QED) is 0.855. The SMILES string of the molecule is CC(C)C1CN(C(=O)c2cnn3ccn(C)c23)CCCN1CC1CC1. The minimum Gasteiger partial charge on any atom is -0.337 e. The lowest BCUT2D eigenvalue weighted by Gasteiger charge is -2.34. The first kappa shape index (κ1) is 16.6. The summed E-state index contributed by atoms with van der Waals surface area (Å²) in [5, 5.41) is 4.33. The summed E-state index contributed by atoms with van der Waals surface area (Å²) in [5.41, 5.74) is 1.59. The van der Waals surface area contributed by atoms with Crippen LogP contribution in [0.2, 0.25) is 0 Å². The molecule has 4 rings (SSSR count). The summed E-state index contributed by atoms with van der Waals surface area (Å²) in [6, 6.07) is 0.450. The van der Waals surface area contributed by atoms with Crippen molar-refractivity contribution in [3.63, 3.8) is 0 Å². The lowest BCUT2D eigenvalue weighted by molar-refractivity contribution is 0.0706. The summed E-state index contributed by atoms with van der Waals surface area (Å²) in [7, 11) is 1.96. The van der Waals surface area contributed by atoms with E-state index in [0.29, 0.717) is 17.5 Å². The molecule has 2 aliphatic rings. The van der Waals surface area contributed by atoms with E-state index in [1.807, 2.05) is 24.0 Å². The van der Waals surface area contributed by atoms with Crippen LogP contribution in [0.15, 0.2) is 18.6 Å². The molecule has 3 heterocycles. The average Bonchev–Trinajstić information content (AvgIpc) is 3.24. The molecule has 1 saturated heterocycles. The van der Waals surface area contributed by atoms with Crippen molar-refractivity contribution in [3.8, 4) is 0 Å². The fourth-order valence-corrected chi connectivity index (χ4v) is 4.11. The lowest BCUT2D eigenvalue weighted by Crippen LogP contribution is -2.46. The summed E-state index contributed by atoms with van der Waals surface area (Å²) in [5.74, 6) is 1.56. The Bertz CT molecular complexity index is 757. The molecule has 0 bridgehead atoms. The van der Waals surface area contributed by atoms with Gasteiger partial charge in [-0.25, -0.2) is 4.52 Å². The normalized spacial score (nSPS) is 22.7. The highest BCUT2D eigenvalue weighted by Gasteiger charge is 2.34. The summed E-state index contributed by atoms with van der Waals surface area (Å²) >= 11 is 0. The molecule has 136 valence electrons. The second kappa shape index (κ2) is 6.48. The fraction of sp³-hybridized carbons (Fsp3) is 0.684. The van der Waals surface area contributed by atoms with Gasteiger partial charge in [-0.1, -0.05) is 13.8 Å². The molecule has 0 N–H and O–H groups in total. The minimum atomic E-state index is 0.121. The number of rotatable bonds is 4. The zero-order valence-electron chi connectivity index (χ0n) is 15.6.